The van der Waals surface area contributed by atoms with Crippen molar-refractivity contribution in [3.63, 3.8) is 0 Å². The molecule has 7 heteroatoms. The van der Waals surface area contributed by atoms with Gasteiger partial charge in [0.05, 0.1) is 24.6 Å². The molecule has 2 aromatic rings. The highest BCUT2D eigenvalue weighted by Crippen LogP contribution is 2.31. The maximum absolute atomic E-state index is 12.9. The van der Waals surface area contributed by atoms with E-state index < -0.39 is 23.7 Å². The van der Waals surface area contributed by atoms with Crippen LogP contribution in [0.3, 0.4) is 0 Å². The second-order valence-electron chi connectivity index (χ2n) is 6.47. The summed E-state index contributed by atoms with van der Waals surface area (Å²) in [5, 5.41) is 5.25. The molecule has 2 N–H and O–H groups in total. The van der Waals surface area contributed by atoms with Crippen molar-refractivity contribution in [2.24, 2.45) is 0 Å². The predicted octanol–water partition coefficient (Wildman–Crippen LogP) is 4.02. The lowest BCUT2D eigenvalue weighted by Gasteiger charge is -2.20. The number of alkyl halides is 3. The van der Waals surface area contributed by atoms with E-state index >= 15 is 0 Å². The molecule has 2 amide bonds. The molecule has 150 valence electrons. The fourth-order valence-corrected chi connectivity index (χ4v) is 2.81. The zero-order chi connectivity index (χ0) is 20.6. The summed E-state index contributed by atoms with van der Waals surface area (Å²) in [5.74, 6) is -0.746. The number of benzene rings is 2. The first-order valence-electron chi connectivity index (χ1n) is 9.06. The standard InChI is InChI=1S/C21H23F3N2O2/c1-2-7-18(16-10-6-11-17(13-16)21(22,23)24)26-20(28)14-25-19(27)12-15-8-4-3-5-9-15/h3-6,8-11,13,18H,2,7,12,14H2,1H3,(H,25,27)(H,26,28). The molecule has 0 fully saturated rings. The fourth-order valence-electron chi connectivity index (χ4n) is 2.81. The van der Waals surface area contributed by atoms with Crippen LogP contribution in [0, 0.1) is 0 Å². The molecule has 0 bridgehead atoms. The third-order valence-corrected chi connectivity index (χ3v) is 4.18. The fraction of sp³-hybridized carbons (Fsp3) is 0.333. The van der Waals surface area contributed by atoms with Gasteiger partial charge in [-0.15, -0.1) is 0 Å². The Bertz CT molecular complexity index is 792. The predicted molar refractivity (Wildman–Crippen MR) is 100 cm³/mol. The van der Waals surface area contributed by atoms with Crippen LogP contribution in [0.2, 0.25) is 0 Å². The third kappa shape index (κ3) is 6.72. The van der Waals surface area contributed by atoms with Crippen molar-refractivity contribution in [2.45, 2.75) is 38.4 Å². The summed E-state index contributed by atoms with van der Waals surface area (Å²) in [7, 11) is 0. The van der Waals surface area contributed by atoms with Crippen LogP contribution in [0.5, 0.6) is 0 Å². The Balaban J connectivity index is 1.94. The molecule has 0 radical (unpaired) electrons. The number of halogens is 3. The quantitative estimate of drug-likeness (QED) is 0.713. The van der Waals surface area contributed by atoms with Crippen LogP contribution in [-0.2, 0) is 22.2 Å². The molecule has 0 aliphatic heterocycles. The van der Waals surface area contributed by atoms with Gasteiger partial charge in [-0.05, 0) is 29.7 Å². The topological polar surface area (TPSA) is 58.2 Å². The van der Waals surface area contributed by atoms with Gasteiger partial charge >= 0.3 is 6.18 Å². The molecule has 0 spiro atoms. The maximum atomic E-state index is 12.9. The molecular formula is C21H23F3N2O2. The van der Waals surface area contributed by atoms with Crippen LogP contribution in [0.4, 0.5) is 13.2 Å². The van der Waals surface area contributed by atoms with Gasteiger partial charge in [0.25, 0.3) is 0 Å². The second-order valence-corrected chi connectivity index (χ2v) is 6.47. The van der Waals surface area contributed by atoms with Crippen molar-refractivity contribution in [1.29, 1.82) is 0 Å². The first kappa shape index (κ1) is 21.5. The normalized spacial score (nSPS) is 12.3. The Labute approximate surface area is 162 Å². The zero-order valence-electron chi connectivity index (χ0n) is 15.6. The van der Waals surface area contributed by atoms with Crippen molar-refractivity contribution in [3.8, 4) is 0 Å². The first-order valence-corrected chi connectivity index (χ1v) is 9.06. The average molecular weight is 392 g/mol. The van der Waals surface area contributed by atoms with E-state index in [1.165, 1.54) is 6.07 Å². The molecule has 1 atom stereocenters. The van der Waals surface area contributed by atoms with Crippen LogP contribution in [0.15, 0.2) is 54.6 Å². The molecule has 0 heterocycles. The molecular weight excluding hydrogens is 369 g/mol. The highest BCUT2D eigenvalue weighted by molar-refractivity contribution is 5.85. The smallest absolute Gasteiger partial charge is 0.348 e. The van der Waals surface area contributed by atoms with Gasteiger partial charge in [-0.1, -0.05) is 55.8 Å². The summed E-state index contributed by atoms with van der Waals surface area (Å²) < 4.78 is 38.8. The van der Waals surface area contributed by atoms with Crippen LogP contribution in [-0.4, -0.2) is 18.4 Å². The van der Waals surface area contributed by atoms with Crippen LogP contribution < -0.4 is 10.6 Å². The Kier molecular flexibility index (Phi) is 7.61. The van der Waals surface area contributed by atoms with Gasteiger partial charge in [-0.2, -0.15) is 13.2 Å². The lowest BCUT2D eigenvalue weighted by molar-refractivity contribution is -0.137. The molecule has 0 saturated carbocycles. The number of nitrogens with one attached hydrogen (secondary N) is 2. The van der Waals surface area contributed by atoms with Gasteiger partial charge in [-0.3, -0.25) is 9.59 Å². The minimum absolute atomic E-state index is 0.153. The van der Waals surface area contributed by atoms with Crippen molar-refractivity contribution in [1.82, 2.24) is 10.6 Å². The molecule has 2 rings (SSSR count). The van der Waals surface area contributed by atoms with E-state index in [0.29, 0.717) is 18.4 Å². The van der Waals surface area contributed by atoms with E-state index in [4.69, 9.17) is 0 Å². The van der Waals surface area contributed by atoms with Gasteiger partial charge in [-0.25, -0.2) is 0 Å². The number of carbonyl (C=O) groups is 2. The minimum atomic E-state index is -4.44. The SMILES string of the molecule is CCCC(NC(=O)CNC(=O)Cc1ccccc1)c1cccc(C(F)(F)F)c1. The van der Waals surface area contributed by atoms with Gasteiger partial charge in [0.1, 0.15) is 0 Å². The summed E-state index contributed by atoms with van der Waals surface area (Å²) in [6, 6.07) is 13.5. The number of hydrogen-bond donors (Lipinski definition) is 2. The summed E-state index contributed by atoms with van der Waals surface area (Å²) in [6.45, 7) is 1.65. The molecule has 28 heavy (non-hydrogen) atoms. The van der Waals surface area contributed by atoms with E-state index in [-0.39, 0.29) is 18.9 Å². The summed E-state index contributed by atoms with van der Waals surface area (Å²) in [4.78, 5) is 24.1. The number of hydrogen-bond acceptors (Lipinski definition) is 2. The van der Waals surface area contributed by atoms with E-state index in [1.807, 2.05) is 37.3 Å². The second kappa shape index (κ2) is 9.92. The van der Waals surface area contributed by atoms with Crippen molar-refractivity contribution in [2.75, 3.05) is 6.54 Å². The average Bonchev–Trinajstić information content (AvgIpc) is 2.66. The third-order valence-electron chi connectivity index (χ3n) is 4.18. The number of carbonyl (C=O) groups excluding carboxylic acids is 2. The van der Waals surface area contributed by atoms with Crippen molar-refractivity contribution >= 4 is 11.8 Å². The van der Waals surface area contributed by atoms with Crippen LogP contribution >= 0.6 is 0 Å². The molecule has 0 saturated heterocycles. The first-order chi connectivity index (χ1) is 13.3. The zero-order valence-corrected chi connectivity index (χ0v) is 15.6. The Morgan fingerprint density at radius 2 is 1.71 bits per heavy atom. The maximum Gasteiger partial charge on any atom is 0.416 e. The lowest BCUT2D eigenvalue weighted by Crippen LogP contribution is -2.39. The summed E-state index contributed by atoms with van der Waals surface area (Å²) in [5.41, 5.74) is 0.463. The minimum Gasteiger partial charge on any atom is -0.348 e. The molecule has 4 nitrogen and oxygen atoms in total. The Hall–Kier alpha value is -2.83. The Morgan fingerprint density at radius 3 is 2.36 bits per heavy atom. The summed E-state index contributed by atoms with van der Waals surface area (Å²) in [6.07, 6.45) is -3.12. The largest absolute Gasteiger partial charge is 0.416 e. The number of rotatable bonds is 8. The van der Waals surface area contributed by atoms with Crippen LogP contribution in [0.25, 0.3) is 0 Å². The molecule has 0 aliphatic rings. The molecule has 0 aliphatic carbocycles. The lowest BCUT2D eigenvalue weighted by atomic mass is 10.00. The highest BCUT2D eigenvalue weighted by atomic mass is 19.4. The van der Waals surface area contributed by atoms with Crippen molar-refractivity contribution in [3.05, 3.63) is 71.3 Å². The van der Waals surface area contributed by atoms with E-state index in [9.17, 15) is 22.8 Å². The molecule has 2 aromatic carbocycles. The highest BCUT2D eigenvalue weighted by Gasteiger charge is 2.31. The molecule has 1 unspecified atom stereocenters. The van der Waals surface area contributed by atoms with E-state index in [1.54, 1.807) is 6.07 Å². The van der Waals surface area contributed by atoms with Gasteiger partial charge in [0.2, 0.25) is 11.8 Å². The monoisotopic (exact) mass is 392 g/mol. The van der Waals surface area contributed by atoms with Gasteiger partial charge in [0.15, 0.2) is 0 Å². The Morgan fingerprint density at radius 1 is 1.00 bits per heavy atom. The van der Waals surface area contributed by atoms with Gasteiger partial charge < -0.3 is 10.6 Å². The van der Waals surface area contributed by atoms with Gasteiger partial charge in [0, 0.05) is 0 Å². The molecule has 0 aromatic heterocycles. The number of amides is 2. The van der Waals surface area contributed by atoms with E-state index in [2.05, 4.69) is 10.6 Å². The summed E-state index contributed by atoms with van der Waals surface area (Å²) >= 11 is 0. The van der Waals surface area contributed by atoms with Crippen molar-refractivity contribution < 1.29 is 22.8 Å². The van der Waals surface area contributed by atoms with E-state index in [0.717, 1.165) is 17.7 Å². The van der Waals surface area contributed by atoms with Crippen LogP contribution in [0.1, 0.15) is 42.5 Å².